The number of nitrogens with one attached hydrogen (secondary N) is 2. The highest BCUT2D eigenvalue weighted by Gasteiger charge is 2.09. The lowest BCUT2D eigenvalue weighted by atomic mass is 10.1. The van der Waals surface area contributed by atoms with E-state index in [9.17, 15) is 9.90 Å². The van der Waals surface area contributed by atoms with Gasteiger partial charge in [-0.3, -0.25) is 0 Å². The fraction of sp³-hybridized carbons (Fsp3) is 0.562. The summed E-state index contributed by atoms with van der Waals surface area (Å²) in [6, 6.07) is 7.45. The predicted octanol–water partition coefficient (Wildman–Crippen LogP) is 2.28. The molecule has 0 bridgehead atoms. The van der Waals surface area contributed by atoms with Gasteiger partial charge < -0.3 is 20.6 Å². The lowest BCUT2D eigenvalue weighted by molar-refractivity contribution is 0.148. The summed E-state index contributed by atoms with van der Waals surface area (Å²) in [6.45, 7) is 5.17. The van der Waals surface area contributed by atoms with Crippen LogP contribution in [0.4, 0.5) is 10.5 Å². The monoisotopic (exact) mass is 293 g/mol. The van der Waals surface area contributed by atoms with E-state index in [1.54, 1.807) is 0 Å². The minimum Gasteiger partial charge on any atom is -0.391 e. The summed E-state index contributed by atoms with van der Waals surface area (Å²) >= 11 is 0. The fourth-order valence-corrected chi connectivity index (χ4v) is 2.13. The van der Waals surface area contributed by atoms with Crippen LogP contribution >= 0.6 is 0 Å². The molecule has 0 heterocycles. The smallest absolute Gasteiger partial charge is 0.319 e. The number of hydrogen-bond acceptors (Lipinski definition) is 3. The Morgan fingerprint density at radius 2 is 2.05 bits per heavy atom. The third-order valence-electron chi connectivity index (χ3n) is 2.93. The highest BCUT2D eigenvalue weighted by atomic mass is 16.3. The minimum absolute atomic E-state index is 0.265. The number of benzene rings is 1. The molecule has 0 radical (unpaired) electrons. The first-order chi connectivity index (χ1) is 9.86. The van der Waals surface area contributed by atoms with E-state index in [0.29, 0.717) is 12.3 Å². The van der Waals surface area contributed by atoms with Gasteiger partial charge >= 0.3 is 6.03 Å². The number of aliphatic hydroxyl groups excluding tert-OH is 1. The Morgan fingerprint density at radius 3 is 2.67 bits per heavy atom. The van der Waals surface area contributed by atoms with Gasteiger partial charge in [0, 0.05) is 18.8 Å². The summed E-state index contributed by atoms with van der Waals surface area (Å²) in [4.78, 5) is 13.9. The third kappa shape index (κ3) is 7.68. The molecule has 0 aliphatic heterocycles. The van der Waals surface area contributed by atoms with Crippen LogP contribution in [0.3, 0.4) is 0 Å². The van der Waals surface area contributed by atoms with Crippen LogP contribution < -0.4 is 10.6 Å². The van der Waals surface area contributed by atoms with Crippen LogP contribution in [-0.2, 0) is 6.54 Å². The summed E-state index contributed by atoms with van der Waals surface area (Å²) < 4.78 is 0. The zero-order valence-corrected chi connectivity index (χ0v) is 13.4. The van der Waals surface area contributed by atoms with Crippen molar-refractivity contribution in [2.45, 2.75) is 32.9 Å². The van der Waals surface area contributed by atoms with Crippen molar-refractivity contribution in [3.63, 3.8) is 0 Å². The topological polar surface area (TPSA) is 64.6 Å². The zero-order valence-electron chi connectivity index (χ0n) is 13.4. The van der Waals surface area contributed by atoms with Crippen molar-refractivity contribution in [1.82, 2.24) is 10.2 Å². The molecule has 0 aliphatic carbocycles. The molecule has 2 amide bonds. The molecule has 3 N–H and O–H groups in total. The second-order valence-electron chi connectivity index (χ2n) is 6.06. The van der Waals surface area contributed by atoms with Crippen molar-refractivity contribution >= 4 is 11.7 Å². The molecular weight excluding hydrogens is 266 g/mol. The summed E-state index contributed by atoms with van der Waals surface area (Å²) in [6.07, 6.45) is 0.175. The van der Waals surface area contributed by atoms with Crippen LogP contribution in [0, 0.1) is 5.92 Å². The van der Waals surface area contributed by atoms with E-state index in [-0.39, 0.29) is 12.6 Å². The van der Waals surface area contributed by atoms with Gasteiger partial charge in [-0.25, -0.2) is 4.79 Å². The Balaban J connectivity index is 2.44. The SMILES string of the molecule is CC(C)CC(O)CNC(=O)Nc1cccc(CN(C)C)c1. The summed E-state index contributed by atoms with van der Waals surface area (Å²) in [7, 11) is 4.01. The summed E-state index contributed by atoms with van der Waals surface area (Å²) in [5, 5.41) is 15.2. The number of rotatable bonds is 7. The van der Waals surface area contributed by atoms with E-state index in [1.807, 2.05) is 52.2 Å². The lowest BCUT2D eigenvalue weighted by Crippen LogP contribution is -2.35. The van der Waals surface area contributed by atoms with E-state index >= 15 is 0 Å². The number of aliphatic hydroxyl groups is 1. The number of anilines is 1. The molecule has 5 nitrogen and oxygen atoms in total. The Bertz CT molecular complexity index is 447. The molecule has 118 valence electrons. The maximum atomic E-state index is 11.8. The molecular formula is C16H27N3O2. The first-order valence-electron chi connectivity index (χ1n) is 7.33. The van der Waals surface area contributed by atoms with Crippen molar-refractivity contribution in [3.8, 4) is 0 Å². The quantitative estimate of drug-likeness (QED) is 0.722. The second kappa shape index (κ2) is 8.64. The van der Waals surface area contributed by atoms with Gasteiger partial charge in [-0.1, -0.05) is 26.0 Å². The van der Waals surface area contributed by atoms with Crippen LogP contribution in [0.2, 0.25) is 0 Å². The Morgan fingerprint density at radius 1 is 1.33 bits per heavy atom. The maximum absolute atomic E-state index is 11.8. The fourth-order valence-electron chi connectivity index (χ4n) is 2.13. The molecule has 0 saturated heterocycles. The first kappa shape index (κ1) is 17.5. The molecule has 0 saturated carbocycles. The number of carbonyl (C=O) groups is 1. The summed E-state index contributed by atoms with van der Waals surface area (Å²) in [5.74, 6) is 0.410. The van der Waals surface area contributed by atoms with E-state index in [2.05, 4.69) is 15.5 Å². The standard InChI is InChI=1S/C16H27N3O2/c1-12(2)8-15(20)10-17-16(21)18-14-7-5-6-13(9-14)11-19(3)4/h5-7,9,12,15,20H,8,10-11H2,1-4H3,(H2,17,18,21). The number of nitrogens with zero attached hydrogens (tertiary/aromatic N) is 1. The Hall–Kier alpha value is -1.59. The van der Waals surface area contributed by atoms with Gasteiger partial charge in [0.25, 0.3) is 0 Å². The van der Waals surface area contributed by atoms with Gasteiger partial charge in [0.05, 0.1) is 6.10 Å². The summed E-state index contributed by atoms with van der Waals surface area (Å²) in [5.41, 5.74) is 1.89. The number of urea groups is 1. The van der Waals surface area contributed by atoms with E-state index in [0.717, 1.165) is 17.8 Å². The lowest BCUT2D eigenvalue weighted by Gasteiger charge is -2.15. The van der Waals surface area contributed by atoms with Gasteiger partial charge in [-0.05, 0) is 44.1 Å². The molecule has 0 aromatic heterocycles. The van der Waals surface area contributed by atoms with Gasteiger partial charge in [0.2, 0.25) is 0 Å². The molecule has 1 aromatic rings. The van der Waals surface area contributed by atoms with Crippen LogP contribution in [0.25, 0.3) is 0 Å². The van der Waals surface area contributed by atoms with E-state index < -0.39 is 6.10 Å². The zero-order chi connectivity index (χ0) is 15.8. The van der Waals surface area contributed by atoms with Gasteiger partial charge in [0.15, 0.2) is 0 Å². The van der Waals surface area contributed by atoms with Crippen molar-refractivity contribution < 1.29 is 9.90 Å². The predicted molar refractivity (Wildman–Crippen MR) is 86.3 cm³/mol. The van der Waals surface area contributed by atoms with Crippen molar-refractivity contribution in [2.75, 3.05) is 26.0 Å². The second-order valence-corrected chi connectivity index (χ2v) is 6.06. The molecule has 21 heavy (non-hydrogen) atoms. The first-order valence-corrected chi connectivity index (χ1v) is 7.33. The van der Waals surface area contributed by atoms with Gasteiger partial charge in [0.1, 0.15) is 0 Å². The molecule has 0 aliphatic rings. The van der Waals surface area contributed by atoms with Crippen molar-refractivity contribution in [2.24, 2.45) is 5.92 Å². The molecule has 1 aromatic carbocycles. The van der Waals surface area contributed by atoms with Crippen molar-refractivity contribution in [1.29, 1.82) is 0 Å². The van der Waals surface area contributed by atoms with Crippen LogP contribution in [0.15, 0.2) is 24.3 Å². The average Bonchev–Trinajstić information content (AvgIpc) is 2.35. The van der Waals surface area contributed by atoms with Gasteiger partial charge in [-0.15, -0.1) is 0 Å². The van der Waals surface area contributed by atoms with Crippen LogP contribution in [0.1, 0.15) is 25.8 Å². The van der Waals surface area contributed by atoms with Crippen molar-refractivity contribution in [3.05, 3.63) is 29.8 Å². The molecule has 0 fully saturated rings. The molecule has 5 heteroatoms. The molecule has 0 spiro atoms. The Labute approximate surface area is 127 Å². The third-order valence-corrected chi connectivity index (χ3v) is 2.93. The minimum atomic E-state index is -0.504. The highest BCUT2D eigenvalue weighted by molar-refractivity contribution is 5.89. The molecule has 1 atom stereocenters. The Kier molecular flexibility index (Phi) is 7.19. The maximum Gasteiger partial charge on any atom is 0.319 e. The number of hydrogen-bond donors (Lipinski definition) is 3. The van der Waals surface area contributed by atoms with Crippen LogP contribution in [0.5, 0.6) is 0 Å². The number of amides is 2. The number of carbonyl (C=O) groups excluding carboxylic acids is 1. The molecule has 1 rings (SSSR count). The van der Waals surface area contributed by atoms with Crippen LogP contribution in [-0.4, -0.2) is 42.8 Å². The average molecular weight is 293 g/mol. The molecule has 1 unspecified atom stereocenters. The largest absolute Gasteiger partial charge is 0.391 e. The van der Waals surface area contributed by atoms with E-state index in [4.69, 9.17) is 0 Å². The highest BCUT2D eigenvalue weighted by Crippen LogP contribution is 2.11. The van der Waals surface area contributed by atoms with Gasteiger partial charge in [-0.2, -0.15) is 0 Å². The van der Waals surface area contributed by atoms with E-state index in [1.165, 1.54) is 0 Å². The normalized spacial score (nSPS) is 12.5.